The van der Waals surface area contributed by atoms with Crippen molar-refractivity contribution in [1.82, 2.24) is 0 Å². The van der Waals surface area contributed by atoms with Crippen molar-refractivity contribution in [3.05, 3.63) is 52.6 Å². The largest absolute Gasteiger partial charge is 0.508 e. The summed E-state index contributed by atoms with van der Waals surface area (Å²) in [5.41, 5.74) is 9.93. The molecule has 20 heavy (non-hydrogen) atoms. The van der Waals surface area contributed by atoms with E-state index in [4.69, 9.17) is 5.73 Å². The van der Waals surface area contributed by atoms with E-state index in [0.717, 1.165) is 16.7 Å². The van der Waals surface area contributed by atoms with Crippen LogP contribution in [-0.2, 0) is 0 Å². The second-order valence-corrected chi connectivity index (χ2v) is 4.93. The Labute approximate surface area is 118 Å². The number of carbonyl (C=O) groups excluding carboxylic acids is 1. The van der Waals surface area contributed by atoms with Crippen molar-refractivity contribution < 1.29 is 9.90 Å². The summed E-state index contributed by atoms with van der Waals surface area (Å²) in [6.45, 7) is 5.44. The maximum atomic E-state index is 12.3. The maximum absolute atomic E-state index is 12.3. The summed E-state index contributed by atoms with van der Waals surface area (Å²) in [7, 11) is 0. The van der Waals surface area contributed by atoms with Gasteiger partial charge in [0, 0.05) is 16.9 Å². The number of aromatic hydroxyl groups is 1. The van der Waals surface area contributed by atoms with Gasteiger partial charge < -0.3 is 16.2 Å². The fourth-order valence-corrected chi connectivity index (χ4v) is 2.02. The normalized spacial score (nSPS) is 10.3. The molecule has 2 rings (SSSR count). The van der Waals surface area contributed by atoms with Gasteiger partial charge in [-0.25, -0.2) is 0 Å². The lowest BCUT2D eigenvalue weighted by Crippen LogP contribution is -2.15. The molecule has 0 radical (unpaired) electrons. The Morgan fingerprint density at radius 3 is 2.55 bits per heavy atom. The Balaban J connectivity index is 2.33. The van der Waals surface area contributed by atoms with E-state index in [1.54, 1.807) is 37.3 Å². The molecule has 4 N–H and O–H groups in total. The average molecular weight is 270 g/mol. The molecule has 4 heteroatoms. The quantitative estimate of drug-likeness (QED) is 0.579. The first-order valence-corrected chi connectivity index (χ1v) is 6.37. The summed E-state index contributed by atoms with van der Waals surface area (Å²) in [5.74, 6) is 0.0172. The van der Waals surface area contributed by atoms with Crippen molar-refractivity contribution in [1.29, 1.82) is 0 Å². The summed E-state index contributed by atoms with van der Waals surface area (Å²) < 4.78 is 0. The van der Waals surface area contributed by atoms with Gasteiger partial charge in [0.15, 0.2) is 0 Å². The number of benzene rings is 2. The van der Waals surface area contributed by atoms with E-state index < -0.39 is 0 Å². The van der Waals surface area contributed by atoms with Gasteiger partial charge in [-0.1, -0.05) is 6.07 Å². The van der Waals surface area contributed by atoms with E-state index in [0.29, 0.717) is 16.9 Å². The third kappa shape index (κ3) is 2.59. The van der Waals surface area contributed by atoms with E-state index >= 15 is 0 Å². The lowest BCUT2D eigenvalue weighted by atomic mass is 10.1. The molecule has 104 valence electrons. The van der Waals surface area contributed by atoms with Crippen LogP contribution in [0.25, 0.3) is 0 Å². The number of hydrogen-bond donors (Lipinski definition) is 3. The molecule has 0 spiro atoms. The van der Waals surface area contributed by atoms with Gasteiger partial charge >= 0.3 is 0 Å². The van der Waals surface area contributed by atoms with Crippen LogP contribution in [0.2, 0.25) is 0 Å². The van der Waals surface area contributed by atoms with Gasteiger partial charge in [-0.05, 0) is 61.7 Å². The first kappa shape index (κ1) is 13.9. The van der Waals surface area contributed by atoms with Crippen molar-refractivity contribution in [3.8, 4) is 5.75 Å². The van der Waals surface area contributed by atoms with E-state index in [1.807, 2.05) is 13.8 Å². The van der Waals surface area contributed by atoms with Gasteiger partial charge in [0.2, 0.25) is 0 Å². The molecular formula is C16H18N2O2. The minimum Gasteiger partial charge on any atom is -0.508 e. The maximum Gasteiger partial charge on any atom is 0.256 e. The van der Waals surface area contributed by atoms with Gasteiger partial charge in [-0.15, -0.1) is 0 Å². The van der Waals surface area contributed by atoms with Crippen molar-refractivity contribution in [2.24, 2.45) is 0 Å². The first-order valence-electron chi connectivity index (χ1n) is 6.37. The molecule has 0 unspecified atom stereocenters. The van der Waals surface area contributed by atoms with Crippen molar-refractivity contribution >= 4 is 17.3 Å². The van der Waals surface area contributed by atoms with Crippen LogP contribution in [0.3, 0.4) is 0 Å². The number of nitrogen functional groups attached to an aromatic ring is 1. The molecule has 0 aliphatic heterocycles. The van der Waals surface area contributed by atoms with Crippen LogP contribution in [0.1, 0.15) is 27.0 Å². The molecule has 0 aliphatic rings. The fourth-order valence-electron chi connectivity index (χ4n) is 2.02. The number of carbonyl (C=O) groups is 1. The number of rotatable bonds is 2. The Kier molecular flexibility index (Phi) is 3.66. The van der Waals surface area contributed by atoms with Crippen LogP contribution in [0.15, 0.2) is 30.3 Å². The number of aryl methyl sites for hydroxylation is 2. The van der Waals surface area contributed by atoms with Gasteiger partial charge in [-0.3, -0.25) is 4.79 Å². The summed E-state index contributed by atoms with van der Waals surface area (Å²) in [5, 5.41) is 12.5. The van der Waals surface area contributed by atoms with Gasteiger partial charge in [-0.2, -0.15) is 0 Å². The highest BCUT2D eigenvalue weighted by molar-refractivity contribution is 6.06. The summed E-state index contributed by atoms with van der Waals surface area (Å²) in [6.07, 6.45) is 0. The number of phenolic OH excluding ortho intramolecular Hbond substituents is 1. The van der Waals surface area contributed by atoms with Crippen LogP contribution in [0.4, 0.5) is 11.4 Å². The van der Waals surface area contributed by atoms with E-state index in [1.165, 1.54) is 0 Å². The lowest BCUT2D eigenvalue weighted by molar-refractivity contribution is 0.102. The minimum atomic E-state index is -0.206. The standard InChI is InChI=1S/C16H18N2O2/c1-9-8-15(19)10(2)7-14(9)18-16(20)12-5-4-6-13(17)11(12)3/h4-8,19H,17H2,1-3H3,(H,18,20). The van der Waals surface area contributed by atoms with Gasteiger partial charge in [0.25, 0.3) is 5.91 Å². The molecule has 0 atom stereocenters. The SMILES string of the molecule is Cc1cc(NC(=O)c2cccc(N)c2C)c(C)cc1O. The molecule has 0 saturated carbocycles. The Morgan fingerprint density at radius 1 is 1.15 bits per heavy atom. The topological polar surface area (TPSA) is 75.4 Å². The second-order valence-electron chi connectivity index (χ2n) is 4.93. The highest BCUT2D eigenvalue weighted by Gasteiger charge is 2.12. The number of amides is 1. The van der Waals surface area contributed by atoms with Crippen molar-refractivity contribution in [2.45, 2.75) is 20.8 Å². The second kappa shape index (κ2) is 5.25. The van der Waals surface area contributed by atoms with E-state index in [2.05, 4.69) is 5.32 Å². The van der Waals surface area contributed by atoms with Crippen molar-refractivity contribution in [3.63, 3.8) is 0 Å². The third-order valence-electron chi connectivity index (χ3n) is 3.41. The van der Waals surface area contributed by atoms with Crippen LogP contribution in [-0.4, -0.2) is 11.0 Å². The molecule has 4 nitrogen and oxygen atoms in total. The predicted molar refractivity (Wildman–Crippen MR) is 81.1 cm³/mol. The highest BCUT2D eigenvalue weighted by Crippen LogP contribution is 2.26. The van der Waals surface area contributed by atoms with E-state index in [-0.39, 0.29) is 11.7 Å². The Hall–Kier alpha value is -2.49. The molecule has 0 saturated heterocycles. The molecule has 1 amide bonds. The molecular weight excluding hydrogens is 252 g/mol. The summed E-state index contributed by atoms with van der Waals surface area (Å²) in [4.78, 5) is 12.3. The van der Waals surface area contributed by atoms with E-state index in [9.17, 15) is 9.90 Å². The van der Waals surface area contributed by atoms with Gasteiger partial charge in [0.05, 0.1) is 0 Å². The number of nitrogens with one attached hydrogen (secondary N) is 1. The first-order chi connectivity index (χ1) is 9.40. The highest BCUT2D eigenvalue weighted by atomic mass is 16.3. The zero-order valence-electron chi connectivity index (χ0n) is 11.8. The molecule has 0 aliphatic carbocycles. The van der Waals surface area contributed by atoms with Gasteiger partial charge in [0.1, 0.15) is 5.75 Å². The molecule has 2 aromatic rings. The van der Waals surface area contributed by atoms with Crippen LogP contribution in [0, 0.1) is 20.8 Å². The summed E-state index contributed by atoms with van der Waals surface area (Å²) >= 11 is 0. The number of nitrogens with two attached hydrogens (primary N) is 1. The Morgan fingerprint density at radius 2 is 1.85 bits per heavy atom. The number of hydrogen-bond acceptors (Lipinski definition) is 3. The van der Waals surface area contributed by atoms with Crippen LogP contribution >= 0.6 is 0 Å². The minimum absolute atomic E-state index is 0.206. The molecule has 2 aromatic carbocycles. The smallest absolute Gasteiger partial charge is 0.256 e. The number of phenols is 1. The fraction of sp³-hybridized carbons (Fsp3) is 0.188. The molecule has 0 bridgehead atoms. The van der Waals surface area contributed by atoms with Crippen LogP contribution in [0.5, 0.6) is 5.75 Å². The monoisotopic (exact) mass is 270 g/mol. The number of anilines is 2. The molecule has 0 heterocycles. The average Bonchev–Trinajstić information content (AvgIpc) is 2.39. The summed E-state index contributed by atoms with van der Waals surface area (Å²) in [6, 6.07) is 8.65. The zero-order chi connectivity index (χ0) is 14.9. The van der Waals surface area contributed by atoms with Crippen molar-refractivity contribution in [2.75, 3.05) is 11.1 Å². The third-order valence-corrected chi connectivity index (χ3v) is 3.41. The predicted octanol–water partition coefficient (Wildman–Crippen LogP) is 3.15. The van der Waals surface area contributed by atoms with Crippen LogP contribution < -0.4 is 11.1 Å². The molecule has 0 fully saturated rings. The zero-order valence-corrected chi connectivity index (χ0v) is 11.8. The lowest BCUT2D eigenvalue weighted by Gasteiger charge is -2.12. The molecule has 0 aromatic heterocycles. The Bertz CT molecular complexity index is 678.